The molecule has 0 aromatic carbocycles. The van der Waals surface area contributed by atoms with Crippen LogP contribution in [0.5, 0.6) is 0 Å². The van der Waals surface area contributed by atoms with Crippen molar-refractivity contribution in [2.24, 2.45) is 5.73 Å². The molecule has 0 aliphatic carbocycles. The third-order valence-corrected chi connectivity index (χ3v) is 2.29. The van der Waals surface area contributed by atoms with Crippen LogP contribution in [0.1, 0.15) is 12.8 Å². The summed E-state index contributed by atoms with van der Waals surface area (Å²) in [5.74, 6) is 0.469. The Morgan fingerprint density at radius 3 is 3.00 bits per heavy atom. The molecule has 2 aromatic heterocycles. The van der Waals surface area contributed by atoms with Crippen LogP contribution in [-0.2, 0) is 0 Å². The SMILES string of the molecule is C=C/C=C(N)\C(=C/C)c1nc2ncccc2o1. The van der Waals surface area contributed by atoms with Crippen molar-refractivity contribution >= 4 is 16.8 Å². The van der Waals surface area contributed by atoms with E-state index < -0.39 is 0 Å². The van der Waals surface area contributed by atoms with Gasteiger partial charge in [-0.15, -0.1) is 0 Å². The highest BCUT2D eigenvalue weighted by Gasteiger charge is 2.12. The van der Waals surface area contributed by atoms with Crippen LogP contribution in [0.2, 0.25) is 0 Å². The average Bonchev–Trinajstić information content (AvgIpc) is 2.73. The van der Waals surface area contributed by atoms with Gasteiger partial charge in [0.2, 0.25) is 5.89 Å². The first-order valence-electron chi connectivity index (χ1n) is 5.23. The van der Waals surface area contributed by atoms with E-state index in [1.54, 1.807) is 24.4 Å². The molecule has 4 nitrogen and oxygen atoms in total. The number of hydrogen-bond acceptors (Lipinski definition) is 4. The van der Waals surface area contributed by atoms with Gasteiger partial charge in [-0.2, -0.15) is 4.98 Å². The van der Waals surface area contributed by atoms with Gasteiger partial charge in [-0.3, -0.25) is 0 Å². The molecule has 0 saturated carbocycles. The Morgan fingerprint density at radius 2 is 2.35 bits per heavy atom. The van der Waals surface area contributed by atoms with Gasteiger partial charge in [0.05, 0.1) is 5.57 Å². The van der Waals surface area contributed by atoms with Gasteiger partial charge in [-0.1, -0.05) is 18.7 Å². The molecule has 0 aliphatic rings. The number of allylic oxidation sites excluding steroid dienone is 4. The van der Waals surface area contributed by atoms with Crippen molar-refractivity contribution in [2.75, 3.05) is 0 Å². The largest absolute Gasteiger partial charge is 0.434 e. The summed E-state index contributed by atoms with van der Waals surface area (Å²) in [5, 5.41) is 0. The Bertz CT molecular complexity index is 575. The van der Waals surface area contributed by atoms with Crippen molar-refractivity contribution in [3.05, 3.63) is 54.7 Å². The molecule has 0 spiro atoms. The smallest absolute Gasteiger partial charge is 0.230 e. The summed E-state index contributed by atoms with van der Waals surface area (Å²) in [6.45, 7) is 5.48. The number of rotatable bonds is 3. The molecule has 2 N–H and O–H groups in total. The number of hydrogen-bond donors (Lipinski definition) is 1. The third kappa shape index (κ3) is 2.10. The molecule has 2 aromatic rings. The molecule has 17 heavy (non-hydrogen) atoms. The fourth-order valence-electron chi connectivity index (χ4n) is 1.51. The zero-order chi connectivity index (χ0) is 12.3. The number of pyridine rings is 1. The fraction of sp³-hybridized carbons (Fsp3) is 0.0769. The summed E-state index contributed by atoms with van der Waals surface area (Å²) in [6, 6.07) is 3.62. The maximum Gasteiger partial charge on any atom is 0.230 e. The van der Waals surface area contributed by atoms with Crippen molar-refractivity contribution < 1.29 is 4.42 Å². The van der Waals surface area contributed by atoms with Crippen molar-refractivity contribution in [3.63, 3.8) is 0 Å². The van der Waals surface area contributed by atoms with E-state index in [0.717, 1.165) is 5.57 Å². The van der Waals surface area contributed by atoms with Crippen LogP contribution in [0.15, 0.2) is 53.3 Å². The molecule has 0 amide bonds. The van der Waals surface area contributed by atoms with E-state index in [1.807, 2.05) is 19.1 Å². The van der Waals surface area contributed by atoms with E-state index in [-0.39, 0.29) is 0 Å². The summed E-state index contributed by atoms with van der Waals surface area (Å²) >= 11 is 0. The van der Waals surface area contributed by atoms with Gasteiger partial charge in [0.15, 0.2) is 11.2 Å². The minimum Gasteiger partial charge on any atom is -0.434 e. The number of nitrogens with zero attached hydrogens (tertiary/aromatic N) is 2. The fourth-order valence-corrected chi connectivity index (χ4v) is 1.51. The van der Waals surface area contributed by atoms with Crippen molar-refractivity contribution in [3.8, 4) is 0 Å². The molecule has 0 bridgehead atoms. The molecule has 0 atom stereocenters. The molecule has 86 valence electrons. The van der Waals surface area contributed by atoms with Crippen molar-refractivity contribution in [1.29, 1.82) is 0 Å². The maximum absolute atomic E-state index is 5.89. The zero-order valence-electron chi connectivity index (χ0n) is 9.55. The monoisotopic (exact) mass is 227 g/mol. The lowest BCUT2D eigenvalue weighted by atomic mass is 10.2. The first-order chi connectivity index (χ1) is 8.26. The number of fused-ring (bicyclic) bond motifs is 1. The molecular weight excluding hydrogens is 214 g/mol. The molecule has 0 unspecified atom stereocenters. The second kappa shape index (κ2) is 4.65. The Balaban J connectivity index is 2.51. The van der Waals surface area contributed by atoms with Crippen LogP contribution < -0.4 is 5.73 Å². The first-order valence-corrected chi connectivity index (χ1v) is 5.23. The highest BCUT2D eigenvalue weighted by Crippen LogP contribution is 2.22. The number of nitrogens with two attached hydrogens (primary N) is 1. The highest BCUT2D eigenvalue weighted by molar-refractivity contribution is 5.78. The lowest BCUT2D eigenvalue weighted by molar-refractivity contribution is 0.584. The predicted octanol–water partition coefficient (Wildman–Crippen LogP) is 2.65. The average molecular weight is 227 g/mol. The second-order valence-electron chi connectivity index (χ2n) is 3.40. The van der Waals surface area contributed by atoms with E-state index in [2.05, 4.69) is 16.5 Å². The second-order valence-corrected chi connectivity index (χ2v) is 3.40. The molecule has 0 aliphatic heterocycles. The van der Waals surface area contributed by atoms with Crippen LogP contribution in [0.25, 0.3) is 16.8 Å². The topological polar surface area (TPSA) is 64.9 Å². The van der Waals surface area contributed by atoms with E-state index in [0.29, 0.717) is 22.8 Å². The minimum atomic E-state index is 0.469. The van der Waals surface area contributed by atoms with Crippen LogP contribution in [0.3, 0.4) is 0 Å². The van der Waals surface area contributed by atoms with Gasteiger partial charge in [0, 0.05) is 11.9 Å². The standard InChI is InChI=1S/C13H13N3O/c1-3-6-10(14)9(4-2)13-16-12-11(17-13)7-5-8-15-12/h3-8H,1,14H2,2H3/b9-4+,10-6+. The van der Waals surface area contributed by atoms with E-state index >= 15 is 0 Å². The van der Waals surface area contributed by atoms with Gasteiger partial charge < -0.3 is 10.2 Å². The molecule has 0 fully saturated rings. The third-order valence-electron chi connectivity index (χ3n) is 2.29. The summed E-state index contributed by atoms with van der Waals surface area (Å²) < 4.78 is 5.59. The Kier molecular flexibility index (Phi) is 3.05. The Hall–Kier alpha value is -2.36. The van der Waals surface area contributed by atoms with Crippen molar-refractivity contribution in [1.82, 2.24) is 9.97 Å². The predicted molar refractivity (Wildman–Crippen MR) is 67.9 cm³/mol. The minimum absolute atomic E-state index is 0.469. The molecular formula is C13H13N3O. The molecule has 0 saturated heterocycles. The van der Waals surface area contributed by atoms with E-state index in [9.17, 15) is 0 Å². The van der Waals surface area contributed by atoms with Crippen LogP contribution >= 0.6 is 0 Å². The summed E-state index contributed by atoms with van der Waals surface area (Å²) in [5.41, 5.74) is 8.42. The van der Waals surface area contributed by atoms with Gasteiger partial charge in [0.1, 0.15) is 0 Å². The van der Waals surface area contributed by atoms with E-state index in [4.69, 9.17) is 10.2 Å². The van der Waals surface area contributed by atoms with Crippen molar-refractivity contribution in [2.45, 2.75) is 6.92 Å². The molecule has 2 rings (SSSR count). The summed E-state index contributed by atoms with van der Waals surface area (Å²) in [6.07, 6.45) is 6.85. The number of oxazole rings is 1. The van der Waals surface area contributed by atoms with Gasteiger partial charge in [-0.25, -0.2) is 4.98 Å². The molecule has 0 radical (unpaired) electrons. The first kappa shape index (κ1) is 11.1. The van der Waals surface area contributed by atoms with Crippen LogP contribution in [-0.4, -0.2) is 9.97 Å². The van der Waals surface area contributed by atoms with Gasteiger partial charge in [-0.05, 0) is 25.1 Å². The zero-order valence-corrected chi connectivity index (χ0v) is 9.55. The Labute approximate surface area is 99.2 Å². The lowest BCUT2D eigenvalue weighted by Gasteiger charge is -2.00. The molecule has 4 heteroatoms. The maximum atomic E-state index is 5.89. The van der Waals surface area contributed by atoms with Gasteiger partial charge in [0.25, 0.3) is 0 Å². The summed E-state index contributed by atoms with van der Waals surface area (Å²) in [4.78, 5) is 8.40. The molecule has 2 heterocycles. The quantitative estimate of drug-likeness (QED) is 0.818. The van der Waals surface area contributed by atoms with Crippen LogP contribution in [0.4, 0.5) is 0 Å². The highest BCUT2D eigenvalue weighted by atomic mass is 16.3. The van der Waals surface area contributed by atoms with Crippen LogP contribution in [0, 0.1) is 0 Å². The Morgan fingerprint density at radius 1 is 1.53 bits per heavy atom. The van der Waals surface area contributed by atoms with E-state index in [1.165, 1.54) is 0 Å². The lowest BCUT2D eigenvalue weighted by Crippen LogP contribution is -2.00. The number of aromatic nitrogens is 2. The summed E-state index contributed by atoms with van der Waals surface area (Å²) in [7, 11) is 0. The normalized spacial score (nSPS) is 13.0. The van der Waals surface area contributed by atoms with Gasteiger partial charge >= 0.3 is 0 Å².